The fourth-order valence-electron chi connectivity index (χ4n) is 3.16. The number of hydrogen-bond acceptors (Lipinski definition) is 6. The number of aromatic nitrogens is 2. The maximum absolute atomic E-state index is 13.0. The van der Waals surface area contributed by atoms with Crippen LogP contribution in [0.3, 0.4) is 0 Å². The van der Waals surface area contributed by atoms with Gasteiger partial charge in [-0.15, -0.1) is 0 Å². The van der Waals surface area contributed by atoms with E-state index in [-0.39, 0.29) is 22.9 Å². The van der Waals surface area contributed by atoms with Crippen molar-refractivity contribution in [3.05, 3.63) is 59.9 Å². The standard InChI is InChI=1S/C18H17N3O4S2/c1-26(22,23)15-5-2-6-16(11-15)27(24,25)21-9-7-17-14(12-21)10-13-4-3-8-19-18(13)20-17/h2-6,8,10-11H,7,9,12H2,1H3. The van der Waals surface area contributed by atoms with Gasteiger partial charge >= 0.3 is 0 Å². The van der Waals surface area contributed by atoms with Crippen LogP contribution >= 0.6 is 0 Å². The topological polar surface area (TPSA) is 97.3 Å². The lowest BCUT2D eigenvalue weighted by Crippen LogP contribution is -2.36. The molecule has 0 N–H and O–H groups in total. The van der Waals surface area contributed by atoms with Gasteiger partial charge in [-0.2, -0.15) is 4.31 Å². The fourth-order valence-corrected chi connectivity index (χ4v) is 5.37. The molecule has 140 valence electrons. The molecule has 0 saturated carbocycles. The van der Waals surface area contributed by atoms with Crippen LogP contribution in [0.15, 0.2) is 58.5 Å². The fraction of sp³-hybridized carbons (Fsp3) is 0.222. The van der Waals surface area contributed by atoms with Crippen molar-refractivity contribution in [3.8, 4) is 0 Å². The maximum Gasteiger partial charge on any atom is 0.243 e. The molecule has 0 fully saturated rings. The van der Waals surface area contributed by atoms with Gasteiger partial charge in [0, 0.05) is 43.0 Å². The van der Waals surface area contributed by atoms with Crippen molar-refractivity contribution in [2.24, 2.45) is 0 Å². The Labute approximate surface area is 157 Å². The minimum atomic E-state index is -3.82. The van der Waals surface area contributed by atoms with E-state index in [9.17, 15) is 16.8 Å². The van der Waals surface area contributed by atoms with Crippen molar-refractivity contribution in [3.63, 3.8) is 0 Å². The zero-order valence-electron chi connectivity index (χ0n) is 14.5. The van der Waals surface area contributed by atoms with Gasteiger partial charge < -0.3 is 0 Å². The van der Waals surface area contributed by atoms with Crippen molar-refractivity contribution in [1.29, 1.82) is 0 Å². The monoisotopic (exact) mass is 403 g/mol. The summed E-state index contributed by atoms with van der Waals surface area (Å²) in [6.45, 7) is 0.475. The van der Waals surface area contributed by atoms with Crippen LogP contribution in [-0.2, 0) is 32.8 Å². The van der Waals surface area contributed by atoms with E-state index in [2.05, 4.69) is 9.97 Å². The molecule has 1 aromatic carbocycles. The highest BCUT2D eigenvalue weighted by Crippen LogP contribution is 2.27. The summed E-state index contributed by atoms with van der Waals surface area (Å²) in [5.41, 5.74) is 2.33. The van der Waals surface area contributed by atoms with Gasteiger partial charge in [-0.05, 0) is 42.0 Å². The summed E-state index contributed by atoms with van der Waals surface area (Å²) in [6.07, 6.45) is 3.21. The lowest BCUT2D eigenvalue weighted by Gasteiger charge is -2.27. The third kappa shape index (κ3) is 3.33. The summed E-state index contributed by atoms with van der Waals surface area (Å²) in [5, 5.41) is 0.856. The van der Waals surface area contributed by atoms with Crippen LogP contribution in [0.5, 0.6) is 0 Å². The third-order valence-electron chi connectivity index (χ3n) is 4.57. The first-order chi connectivity index (χ1) is 12.7. The second-order valence-corrected chi connectivity index (χ2v) is 10.4. The Kier molecular flexibility index (Phi) is 4.25. The third-order valence-corrected chi connectivity index (χ3v) is 7.53. The Hall–Kier alpha value is -2.36. The van der Waals surface area contributed by atoms with Crippen LogP contribution in [0.4, 0.5) is 0 Å². The second kappa shape index (κ2) is 6.36. The number of sulfonamides is 1. The second-order valence-electron chi connectivity index (χ2n) is 6.48. The van der Waals surface area contributed by atoms with Gasteiger partial charge in [0.15, 0.2) is 15.5 Å². The van der Waals surface area contributed by atoms with Crippen LogP contribution in [0, 0.1) is 0 Å². The number of sulfone groups is 1. The van der Waals surface area contributed by atoms with Crippen LogP contribution in [0.2, 0.25) is 0 Å². The van der Waals surface area contributed by atoms with Gasteiger partial charge in [0.2, 0.25) is 10.0 Å². The molecule has 3 heterocycles. The quantitative estimate of drug-likeness (QED) is 0.661. The predicted octanol–water partition coefficient (Wildman–Crippen LogP) is 1.78. The number of nitrogens with zero attached hydrogens (tertiary/aromatic N) is 3. The van der Waals surface area contributed by atoms with Gasteiger partial charge in [0.05, 0.1) is 9.79 Å². The molecule has 0 unspecified atom stereocenters. The van der Waals surface area contributed by atoms with Crippen LogP contribution in [0.25, 0.3) is 11.0 Å². The highest BCUT2D eigenvalue weighted by atomic mass is 32.2. The Morgan fingerprint density at radius 2 is 1.78 bits per heavy atom. The number of fused-ring (bicyclic) bond motifs is 2. The average molecular weight is 403 g/mol. The molecule has 0 bridgehead atoms. The van der Waals surface area contributed by atoms with E-state index in [1.165, 1.54) is 28.6 Å². The van der Waals surface area contributed by atoms with E-state index in [1.54, 1.807) is 6.20 Å². The first-order valence-electron chi connectivity index (χ1n) is 8.29. The number of pyridine rings is 2. The molecule has 2 aromatic heterocycles. The SMILES string of the molecule is CS(=O)(=O)c1cccc(S(=O)(=O)N2CCc3nc4ncccc4cc3C2)c1. The molecular weight excluding hydrogens is 386 g/mol. The molecule has 1 aliphatic rings. The van der Waals surface area contributed by atoms with Gasteiger partial charge in [-0.1, -0.05) is 6.07 Å². The summed E-state index contributed by atoms with van der Waals surface area (Å²) < 4.78 is 50.9. The molecular formula is C18H17N3O4S2. The molecule has 0 saturated heterocycles. The van der Waals surface area contributed by atoms with E-state index < -0.39 is 19.9 Å². The molecule has 0 atom stereocenters. The molecule has 4 rings (SSSR count). The molecule has 27 heavy (non-hydrogen) atoms. The van der Waals surface area contributed by atoms with Gasteiger partial charge in [0.1, 0.15) is 0 Å². The zero-order valence-corrected chi connectivity index (χ0v) is 16.2. The minimum absolute atomic E-state index is 0.0141. The number of benzene rings is 1. The van der Waals surface area contributed by atoms with E-state index in [0.717, 1.165) is 22.9 Å². The van der Waals surface area contributed by atoms with Gasteiger partial charge in [-0.25, -0.2) is 26.8 Å². The number of rotatable bonds is 3. The summed E-state index contributed by atoms with van der Waals surface area (Å²) in [5.74, 6) is 0. The van der Waals surface area contributed by atoms with Crippen LogP contribution < -0.4 is 0 Å². The van der Waals surface area contributed by atoms with Gasteiger partial charge in [-0.3, -0.25) is 0 Å². The number of hydrogen-bond donors (Lipinski definition) is 0. The van der Waals surface area contributed by atoms with E-state index in [4.69, 9.17) is 0 Å². The van der Waals surface area contributed by atoms with Crippen molar-refractivity contribution < 1.29 is 16.8 Å². The molecule has 0 amide bonds. The largest absolute Gasteiger partial charge is 0.243 e. The van der Waals surface area contributed by atoms with Crippen molar-refractivity contribution in [2.45, 2.75) is 22.8 Å². The lowest BCUT2D eigenvalue weighted by molar-refractivity contribution is 0.388. The molecule has 7 nitrogen and oxygen atoms in total. The Morgan fingerprint density at radius 1 is 1.00 bits per heavy atom. The molecule has 0 aliphatic carbocycles. The summed E-state index contributed by atoms with van der Waals surface area (Å²) in [6, 6.07) is 11.1. The molecule has 0 radical (unpaired) electrons. The Balaban J connectivity index is 1.71. The summed E-state index contributed by atoms with van der Waals surface area (Å²) >= 11 is 0. The Bertz CT molecular complexity index is 1250. The smallest absolute Gasteiger partial charge is 0.237 e. The van der Waals surface area contributed by atoms with E-state index in [1.807, 2.05) is 18.2 Å². The zero-order chi connectivity index (χ0) is 19.2. The average Bonchev–Trinajstić information content (AvgIpc) is 2.65. The highest BCUT2D eigenvalue weighted by Gasteiger charge is 2.29. The minimum Gasteiger partial charge on any atom is -0.237 e. The molecule has 0 spiro atoms. The normalized spacial score (nSPS) is 15.6. The van der Waals surface area contributed by atoms with Crippen molar-refractivity contribution >= 4 is 30.9 Å². The van der Waals surface area contributed by atoms with Crippen LogP contribution in [0.1, 0.15) is 11.3 Å². The maximum atomic E-state index is 13.0. The molecule has 3 aromatic rings. The van der Waals surface area contributed by atoms with E-state index >= 15 is 0 Å². The van der Waals surface area contributed by atoms with Crippen molar-refractivity contribution in [2.75, 3.05) is 12.8 Å². The summed E-state index contributed by atoms with van der Waals surface area (Å²) in [7, 11) is -7.30. The molecule has 9 heteroatoms. The van der Waals surface area contributed by atoms with Crippen LogP contribution in [-0.4, -0.2) is 43.9 Å². The van der Waals surface area contributed by atoms with Gasteiger partial charge in [0.25, 0.3) is 0 Å². The summed E-state index contributed by atoms with van der Waals surface area (Å²) in [4.78, 5) is 8.74. The molecule has 1 aliphatic heterocycles. The Morgan fingerprint density at radius 3 is 2.56 bits per heavy atom. The van der Waals surface area contributed by atoms with E-state index in [0.29, 0.717) is 12.1 Å². The van der Waals surface area contributed by atoms with Crippen molar-refractivity contribution in [1.82, 2.24) is 14.3 Å². The lowest BCUT2D eigenvalue weighted by atomic mass is 10.1. The highest BCUT2D eigenvalue weighted by molar-refractivity contribution is 7.91. The first kappa shape index (κ1) is 18.0. The predicted molar refractivity (Wildman–Crippen MR) is 100 cm³/mol. The first-order valence-corrected chi connectivity index (χ1v) is 11.6.